The fraction of sp³-hybridized carbons (Fsp3) is 0.409. The SMILES string of the molecule is CCOC(=O)C1(C(=O)OCC)OC2c3cc(OC)ccc3C=CN2C2=C1C(=O)CC2. The molecule has 8 heteroatoms. The molecule has 4 rings (SSSR count). The van der Waals surface area contributed by atoms with Crippen molar-refractivity contribution in [2.45, 2.75) is 38.5 Å². The average molecular weight is 413 g/mol. The highest BCUT2D eigenvalue weighted by Gasteiger charge is 2.63. The molecule has 2 heterocycles. The summed E-state index contributed by atoms with van der Waals surface area (Å²) < 4.78 is 22.0. The van der Waals surface area contributed by atoms with Crippen LogP contribution in [0.3, 0.4) is 0 Å². The first-order valence-corrected chi connectivity index (χ1v) is 9.91. The van der Waals surface area contributed by atoms with Crippen LogP contribution in [0.2, 0.25) is 0 Å². The van der Waals surface area contributed by atoms with E-state index < -0.39 is 23.8 Å². The van der Waals surface area contributed by atoms with Gasteiger partial charge in [-0.25, -0.2) is 9.59 Å². The van der Waals surface area contributed by atoms with Crippen molar-refractivity contribution >= 4 is 23.8 Å². The minimum absolute atomic E-state index is 0.00615. The molecule has 3 aliphatic rings. The Balaban J connectivity index is 1.94. The van der Waals surface area contributed by atoms with Crippen LogP contribution in [0.4, 0.5) is 0 Å². The number of carbonyl (C=O) groups is 3. The van der Waals surface area contributed by atoms with E-state index in [9.17, 15) is 14.4 Å². The molecule has 8 nitrogen and oxygen atoms in total. The molecule has 0 amide bonds. The lowest BCUT2D eigenvalue weighted by atomic mass is 9.87. The van der Waals surface area contributed by atoms with Crippen LogP contribution in [0.25, 0.3) is 6.08 Å². The summed E-state index contributed by atoms with van der Waals surface area (Å²) in [5.41, 5.74) is -0.122. The Labute approximate surface area is 174 Å². The van der Waals surface area contributed by atoms with Crippen LogP contribution in [0.15, 0.2) is 35.7 Å². The highest BCUT2D eigenvalue weighted by atomic mass is 16.6. The van der Waals surface area contributed by atoms with Gasteiger partial charge in [0.2, 0.25) is 0 Å². The third-order valence-corrected chi connectivity index (χ3v) is 5.46. The van der Waals surface area contributed by atoms with E-state index in [1.54, 1.807) is 38.1 Å². The number of Topliss-reactive ketones (excluding diaryl/α,β-unsaturated/α-hetero) is 1. The minimum Gasteiger partial charge on any atom is -0.497 e. The van der Waals surface area contributed by atoms with Gasteiger partial charge in [-0.2, -0.15) is 0 Å². The third kappa shape index (κ3) is 2.82. The number of benzene rings is 1. The number of esters is 2. The maximum Gasteiger partial charge on any atom is 0.355 e. The van der Waals surface area contributed by atoms with E-state index in [0.29, 0.717) is 23.4 Å². The van der Waals surface area contributed by atoms with Crippen molar-refractivity contribution in [2.24, 2.45) is 0 Å². The fourth-order valence-corrected chi connectivity index (χ4v) is 4.16. The van der Waals surface area contributed by atoms with Crippen molar-refractivity contribution < 1.29 is 33.3 Å². The predicted octanol–water partition coefficient (Wildman–Crippen LogP) is 2.49. The number of hydrogen-bond donors (Lipinski definition) is 0. The monoisotopic (exact) mass is 413 g/mol. The Hall–Kier alpha value is -3.13. The summed E-state index contributed by atoms with van der Waals surface area (Å²) in [7, 11) is 1.55. The fourth-order valence-electron chi connectivity index (χ4n) is 4.16. The van der Waals surface area contributed by atoms with E-state index in [2.05, 4.69) is 0 Å². The lowest BCUT2D eigenvalue weighted by Gasteiger charge is -2.45. The van der Waals surface area contributed by atoms with Gasteiger partial charge in [0.1, 0.15) is 5.75 Å². The van der Waals surface area contributed by atoms with Gasteiger partial charge in [-0.3, -0.25) is 4.79 Å². The van der Waals surface area contributed by atoms with Crippen molar-refractivity contribution in [1.82, 2.24) is 4.90 Å². The first-order chi connectivity index (χ1) is 14.5. The molecule has 2 aliphatic heterocycles. The quantitative estimate of drug-likeness (QED) is 0.537. The van der Waals surface area contributed by atoms with Gasteiger partial charge in [0, 0.05) is 23.9 Å². The highest BCUT2D eigenvalue weighted by Crippen LogP contribution is 2.50. The first kappa shape index (κ1) is 20.2. The summed E-state index contributed by atoms with van der Waals surface area (Å²) in [4.78, 5) is 40.9. The van der Waals surface area contributed by atoms with Crippen LogP contribution < -0.4 is 4.74 Å². The number of nitrogens with zero attached hydrogens (tertiary/aromatic N) is 1. The number of rotatable bonds is 5. The molecule has 0 spiro atoms. The zero-order valence-electron chi connectivity index (χ0n) is 17.1. The smallest absolute Gasteiger partial charge is 0.355 e. The molecular formula is C22H23NO7. The summed E-state index contributed by atoms with van der Waals surface area (Å²) in [5, 5.41) is 0. The summed E-state index contributed by atoms with van der Waals surface area (Å²) in [6.45, 7) is 3.31. The Morgan fingerprint density at radius 1 is 1.17 bits per heavy atom. The molecule has 30 heavy (non-hydrogen) atoms. The van der Waals surface area contributed by atoms with Gasteiger partial charge in [-0.15, -0.1) is 0 Å². The van der Waals surface area contributed by atoms with E-state index in [-0.39, 0.29) is 31.0 Å². The van der Waals surface area contributed by atoms with Crippen LogP contribution in [0, 0.1) is 0 Å². The van der Waals surface area contributed by atoms with Crippen LogP contribution in [0.1, 0.15) is 44.0 Å². The van der Waals surface area contributed by atoms with Crippen molar-refractivity contribution in [1.29, 1.82) is 0 Å². The second-order valence-electron chi connectivity index (χ2n) is 7.06. The molecule has 1 atom stereocenters. The summed E-state index contributed by atoms with van der Waals surface area (Å²) in [6, 6.07) is 5.47. The standard InChI is InChI=1S/C22H23NO7/c1-4-28-20(25)22(21(26)29-5-2)18-16(8-9-17(18)24)23-11-10-13-6-7-14(27-3)12-15(13)19(23)30-22/h6-7,10-12,19H,4-5,8-9H2,1-3H3. The van der Waals surface area contributed by atoms with E-state index in [0.717, 1.165) is 5.56 Å². The zero-order valence-corrected chi connectivity index (χ0v) is 17.1. The Morgan fingerprint density at radius 3 is 2.50 bits per heavy atom. The predicted molar refractivity (Wildman–Crippen MR) is 105 cm³/mol. The third-order valence-electron chi connectivity index (χ3n) is 5.46. The Bertz CT molecular complexity index is 960. The molecule has 0 saturated heterocycles. The van der Waals surface area contributed by atoms with Gasteiger partial charge in [-0.1, -0.05) is 6.07 Å². The van der Waals surface area contributed by atoms with Gasteiger partial charge in [-0.05, 0) is 44.0 Å². The summed E-state index contributed by atoms with van der Waals surface area (Å²) >= 11 is 0. The molecule has 1 unspecified atom stereocenters. The second-order valence-corrected chi connectivity index (χ2v) is 7.06. The molecular weight excluding hydrogens is 390 g/mol. The number of fused-ring (bicyclic) bond motifs is 4. The maximum atomic E-state index is 13.1. The minimum atomic E-state index is -2.26. The molecule has 0 radical (unpaired) electrons. The van der Waals surface area contributed by atoms with Gasteiger partial charge in [0.15, 0.2) is 12.0 Å². The van der Waals surface area contributed by atoms with Crippen LogP contribution >= 0.6 is 0 Å². The van der Waals surface area contributed by atoms with Gasteiger partial charge in [0.05, 0.1) is 25.9 Å². The molecule has 0 aromatic heterocycles. The van der Waals surface area contributed by atoms with Crippen molar-refractivity contribution in [3.63, 3.8) is 0 Å². The van der Waals surface area contributed by atoms with Crippen molar-refractivity contribution in [3.8, 4) is 5.75 Å². The van der Waals surface area contributed by atoms with E-state index in [1.165, 1.54) is 0 Å². The second kappa shape index (κ2) is 7.60. The number of carbonyl (C=O) groups excluding carboxylic acids is 3. The number of methoxy groups -OCH3 is 1. The van der Waals surface area contributed by atoms with E-state index >= 15 is 0 Å². The topological polar surface area (TPSA) is 91.4 Å². The van der Waals surface area contributed by atoms with Gasteiger partial charge < -0.3 is 23.8 Å². The normalized spacial score (nSPS) is 21.0. The lowest BCUT2D eigenvalue weighted by Crippen LogP contribution is -2.58. The zero-order chi connectivity index (χ0) is 21.5. The van der Waals surface area contributed by atoms with Gasteiger partial charge in [0.25, 0.3) is 5.60 Å². The van der Waals surface area contributed by atoms with Crippen LogP contribution in [-0.2, 0) is 28.6 Å². The van der Waals surface area contributed by atoms with E-state index in [4.69, 9.17) is 18.9 Å². The highest BCUT2D eigenvalue weighted by molar-refractivity contribution is 6.18. The van der Waals surface area contributed by atoms with Crippen LogP contribution in [-0.4, -0.2) is 48.5 Å². The molecule has 158 valence electrons. The van der Waals surface area contributed by atoms with Crippen molar-refractivity contribution in [3.05, 3.63) is 46.8 Å². The molecule has 0 bridgehead atoms. The number of ether oxygens (including phenoxy) is 4. The largest absolute Gasteiger partial charge is 0.497 e. The molecule has 0 N–H and O–H groups in total. The summed E-state index contributed by atoms with van der Waals surface area (Å²) in [5.74, 6) is -1.60. The number of ketones is 1. The Kier molecular flexibility index (Phi) is 5.11. The van der Waals surface area contributed by atoms with Crippen LogP contribution in [0.5, 0.6) is 5.75 Å². The first-order valence-electron chi connectivity index (χ1n) is 9.91. The molecule has 1 aromatic rings. The number of hydrogen-bond acceptors (Lipinski definition) is 8. The molecule has 1 aromatic carbocycles. The molecule has 0 fully saturated rings. The number of allylic oxidation sites excluding steroid dienone is 1. The van der Waals surface area contributed by atoms with E-state index in [1.807, 2.05) is 18.2 Å². The summed E-state index contributed by atoms with van der Waals surface area (Å²) in [6.07, 6.45) is 3.44. The molecule has 0 saturated carbocycles. The maximum absolute atomic E-state index is 13.1. The van der Waals surface area contributed by atoms with Gasteiger partial charge >= 0.3 is 11.9 Å². The average Bonchev–Trinajstić information content (AvgIpc) is 3.15. The molecule has 1 aliphatic carbocycles. The van der Waals surface area contributed by atoms with Crippen molar-refractivity contribution in [2.75, 3.05) is 20.3 Å². The Morgan fingerprint density at radius 2 is 1.87 bits per heavy atom. The lowest BCUT2D eigenvalue weighted by molar-refractivity contribution is -0.205.